The predicted octanol–water partition coefficient (Wildman–Crippen LogP) is 2.36. The molecule has 0 aromatic carbocycles. The minimum Gasteiger partial charge on any atom is -0.383 e. The molecule has 0 saturated heterocycles. The molecule has 0 fully saturated rings. The van der Waals surface area contributed by atoms with Gasteiger partial charge in [0.2, 0.25) is 0 Å². The van der Waals surface area contributed by atoms with Crippen LogP contribution in [0.3, 0.4) is 0 Å². The normalized spacial score (nSPS) is 11.5. The van der Waals surface area contributed by atoms with Gasteiger partial charge in [-0.1, -0.05) is 6.07 Å². The first-order valence-electron chi connectivity index (χ1n) is 5.94. The van der Waals surface area contributed by atoms with Gasteiger partial charge in [-0.2, -0.15) is 5.10 Å². The van der Waals surface area contributed by atoms with Gasteiger partial charge in [-0.3, -0.25) is 9.08 Å². The highest BCUT2D eigenvalue weighted by Crippen LogP contribution is 2.26. The Morgan fingerprint density at radius 3 is 2.78 bits per heavy atom. The quantitative estimate of drug-likeness (QED) is 0.749. The molecule has 5 heteroatoms. The van der Waals surface area contributed by atoms with E-state index in [9.17, 15) is 0 Å². The summed E-state index contributed by atoms with van der Waals surface area (Å²) in [6, 6.07) is 6.15. The largest absolute Gasteiger partial charge is 0.383 e. The first-order valence-corrected chi connectivity index (χ1v) is 5.94. The molecule has 0 aliphatic carbocycles. The van der Waals surface area contributed by atoms with Crippen molar-refractivity contribution in [2.24, 2.45) is 0 Å². The first kappa shape index (κ1) is 10.8. The maximum absolute atomic E-state index is 6.12. The minimum atomic E-state index is 0.331. The fraction of sp³-hybridized carbons (Fsp3) is 0.231. The molecule has 3 aromatic rings. The van der Waals surface area contributed by atoms with Gasteiger partial charge in [0.05, 0.1) is 6.20 Å². The summed E-state index contributed by atoms with van der Waals surface area (Å²) in [5, 5.41) is 4.32. The number of nitrogen functional groups attached to an aromatic ring is 1. The summed E-state index contributed by atoms with van der Waals surface area (Å²) >= 11 is 0. The van der Waals surface area contributed by atoms with Crippen LogP contribution in [0.4, 0.5) is 5.82 Å². The molecule has 0 spiro atoms. The second-order valence-electron chi connectivity index (χ2n) is 4.58. The molecule has 0 saturated carbocycles. The van der Waals surface area contributed by atoms with Gasteiger partial charge in [-0.15, -0.1) is 0 Å². The van der Waals surface area contributed by atoms with E-state index in [0.717, 1.165) is 16.9 Å². The Hall–Kier alpha value is -2.30. The summed E-state index contributed by atoms with van der Waals surface area (Å²) in [5.74, 6) is 0.647. The molecule has 5 nitrogen and oxygen atoms in total. The van der Waals surface area contributed by atoms with Crippen LogP contribution in [0, 0.1) is 0 Å². The SMILES string of the molecule is CC(C)n1cc(-c2nc3ccccn3c2N)cn1. The number of anilines is 1. The van der Waals surface area contributed by atoms with E-state index < -0.39 is 0 Å². The number of fused-ring (bicyclic) bond motifs is 1. The highest BCUT2D eigenvalue weighted by atomic mass is 15.3. The molecule has 3 rings (SSSR count). The van der Waals surface area contributed by atoms with Crippen LogP contribution in [0.2, 0.25) is 0 Å². The molecule has 0 unspecified atom stereocenters. The fourth-order valence-corrected chi connectivity index (χ4v) is 1.97. The summed E-state index contributed by atoms with van der Waals surface area (Å²) in [7, 11) is 0. The molecule has 18 heavy (non-hydrogen) atoms. The van der Waals surface area contributed by atoms with Crippen LogP contribution in [0.15, 0.2) is 36.8 Å². The van der Waals surface area contributed by atoms with Crippen LogP contribution in [0.1, 0.15) is 19.9 Å². The van der Waals surface area contributed by atoms with Crippen LogP contribution in [0.25, 0.3) is 16.9 Å². The molecule has 0 amide bonds. The summed E-state index contributed by atoms with van der Waals surface area (Å²) in [4.78, 5) is 4.54. The third kappa shape index (κ3) is 1.55. The Morgan fingerprint density at radius 1 is 1.28 bits per heavy atom. The van der Waals surface area contributed by atoms with E-state index in [0.29, 0.717) is 11.9 Å². The first-order chi connectivity index (χ1) is 8.66. The van der Waals surface area contributed by atoms with Gasteiger partial charge in [0.1, 0.15) is 17.2 Å². The maximum Gasteiger partial charge on any atom is 0.139 e. The Bertz CT molecular complexity index is 692. The molecule has 0 aliphatic rings. The third-order valence-corrected chi connectivity index (χ3v) is 2.97. The van der Waals surface area contributed by atoms with Crippen LogP contribution < -0.4 is 5.73 Å². The lowest BCUT2D eigenvalue weighted by Crippen LogP contribution is -1.99. The number of nitrogens with zero attached hydrogens (tertiary/aromatic N) is 4. The van der Waals surface area contributed by atoms with Crippen molar-refractivity contribution in [1.82, 2.24) is 19.2 Å². The number of hydrogen-bond acceptors (Lipinski definition) is 3. The third-order valence-electron chi connectivity index (χ3n) is 2.97. The molecular weight excluding hydrogens is 226 g/mol. The molecule has 92 valence electrons. The van der Waals surface area contributed by atoms with Crippen molar-refractivity contribution in [2.45, 2.75) is 19.9 Å². The van der Waals surface area contributed by atoms with Gasteiger partial charge >= 0.3 is 0 Å². The minimum absolute atomic E-state index is 0.331. The van der Waals surface area contributed by atoms with E-state index in [-0.39, 0.29) is 0 Å². The predicted molar refractivity (Wildman–Crippen MR) is 71.2 cm³/mol. The number of hydrogen-bond donors (Lipinski definition) is 1. The maximum atomic E-state index is 6.12. The zero-order chi connectivity index (χ0) is 12.7. The van der Waals surface area contributed by atoms with Gasteiger partial charge < -0.3 is 5.73 Å². The summed E-state index contributed by atoms with van der Waals surface area (Å²) < 4.78 is 3.78. The summed E-state index contributed by atoms with van der Waals surface area (Å²) in [6.45, 7) is 4.17. The van der Waals surface area contributed by atoms with Crippen LogP contribution >= 0.6 is 0 Å². The average Bonchev–Trinajstić information content (AvgIpc) is 2.95. The van der Waals surface area contributed by atoms with Crippen LogP contribution in [0.5, 0.6) is 0 Å². The second kappa shape index (κ2) is 3.87. The molecule has 0 radical (unpaired) electrons. The summed E-state index contributed by atoms with van der Waals surface area (Å²) in [6.07, 6.45) is 5.69. The molecule has 3 aromatic heterocycles. The van der Waals surface area contributed by atoms with E-state index in [2.05, 4.69) is 23.9 Å². The number of rotatable bonds is 2. The monoisotopic (exact) mass is 241 g/mol. The molecule has 3 heterocycles. The Labute approximate surface area is 105 Å². The van der Waals surface area contributed by atoms with Crippen molar-refractivity contribution in [1.29, 1.82) is 0 Å². The van der Waals surface area contributed by atoms with E-state index in [1.165, 1.54) is 0 Å². The zero-order valence-electron chi connectivity index (χ0n) is 10.4. The number of nitrogens with two attached hydrogens (primary N) is 1. The molecular formula is C13H15N5. The highest BCUT2D eigenvalue weighted by Gasteiger charge is 2.13. The van der Waals surface area contributed by atoms with E-state index >= 15 is 0 Å². The van der Waals surface area contributed by atoms with Gasteiger partial charge in [0, 0.05) is 24.0 Å². The second-order valence-corrected chi connectivity index (χ2v) is 4.58. The van der Waals surface area contributed by atoms with Gasteiger partial charge in [-0.25, -0.2) is 4.98 Å². The van der Waals surface area contributed by atoms with Crippen molar-refractivity contribution in [3.8, 4) is 11.3 Å². The molecule has 0 bridgehead atoms. The zero-order valence-corrected chi connectivity index (χ0v) is 10.4. The molecule has 0 aliphatic heterocycles. The molecule has 0 atom stereocenters. The van der Waals surface area contributed by atoms with Gasteiger partial charge in [0.15, 0.2) is 0 Å². The van der Waals surface area contributed by atoms with E-state index in [1.807, 2.05) is 39.7 Å². The average molecular weight is 241 g/mol. The smallest absolute Gasteiger partial charge is 0.139 e. The lowest BCUT2D eigenvalue weighted by atomic mass is 10.2. The van der Waals surface area contributed by atoms with Crippen LogP contribution in [-0.2, 0) is 0 Å². The van der Waals surface area contributed by atoms with Crippen molar-refractivity contribution in [3.05, 3.63) is 36.8 Å². The van der Waals surface area contributed by atoms with E-state index in [1.54, 1.807) is 6.20 Å². The van der Waals surface area contributed by atoms with Crippen LogP contribution in [-0.4, -0.2) is 19.2 Å². The Kier molecular flexibility index (Phi) is 2.33. The van der Waals surface area contributed by atoms with Crippen molar-refractivity contribution < 1.29 is 0 Å². The topological polar surface area (TPSA) is 61.1 Å². The van der Waals surface area contributed by atoms with Gasteiger partial charge in [0.25, 0.3) is 0 Å². The van der Waals surface area contributed by atoms with E-state index in [4.69, 9.17) is 5.73 Å². The van der Waals surface area contributed by atoms with Crippen molar-refractivity contribution >= 4 is 11.5 Å². The lowest BCUT2D eigenvalue weighted by molar-refractivity contribution is 0.532. The molecule has 2 N–H and O–H groups in total. The summed E-state index contributed by atoms with van der Waals surface area (Å²) in [5.41, 5.74) is 8.70. The Balaban J connectivity index is 2.15. The van der Waals surface area contributed by atoms with Crippen molar-refractivity contribution in [3.63, 3.8) is 0 Å². The number of aromatic nitrogens is 4. The number of imidazole rings is 1. The lowest BCUT2D eigenvalue weighted by Gasteiger charge is -2.02. The van der Waals surface area contributed by atoms with Crippen molar-refractivity contribution in [2.75, 3.05) is 5.73 Å². The standard InChI is InChI=1S/C13H15N5/c1-9(2)18-8-10(7-15-18)12-13(14)17-6-4-3-5-11(17)16-12/h3-9H,14H2,1-2H3. The fourth-order valence-electron chi connectivity index (χ4n) is 1.97. The highest BCUT2D eigenvalue weighted by molar-refractivity contribution is 5.73. The van der Waals surface area contributed by atoms with Gasteiger partial charge in [-0.05, 0) is 26.0 Å². The Morgan fingerprint density at radius 2 is 2.11 bits per heavy atom. The number of pyridine rings is 1.